The van der Waals surface area contributed by atoms with Crippen molar-refractivity contribution in [3.63, 3.8) is 0 Å². The molecule has 6 heteroatoms. The van der Waals surface area contributed by atoms with Gasteiger partial charge in [-0.3, -0.25) is 9.59 Å². The van der Waals surface area contributed by atoms with Crippen LogP contribution in [0.15, 0.2) is 47.4 Å². The number of nitrogens with one attached hydrogen (secondary N) is 1. The van der Waals surface area contributed by atoms with Crippen LogP contribution in [0.3, 0.4) is 0 Å². The molecule has 0 amide bonds. The Morgan fingerprint density at radius 2 is 1.67 bits per heavy atom. The Morgan fingerprint density at radius 1 is 1.04 bits per heavy atom. The molecular weight excluding hydrogens is 341 g/mol. The molecule has 2 aromatic rings. The van der Waals surface area contributed by atoms with Crippen LogP contribution < -0.4 is 11.0 Å². The Bertz CT molecular complexity index is 854. The number of pyridine rings is 1. The normalized spacial score (nSPS) is 17.9. The largest absolute Gasteiger partial charge is 0.494 e. The van der Waals surface area contributed by atoms with Crippen LogP contribution >= 0.6 is 0 Å². The van der Waals surface area contributed by atoms with E-state index in [1.54, 1.807) is 12.3 Å². The number of hydrogen-bond donors (Lipinski definition) is 1. The van der Waals surface area contributed by atoms with Crippen molar-refractivity contribution in [2.45, 2.75) is 58.2 Å². The van der Waals surface area contributed by atoms with Crippen molar-refractivity contribution < 1.29 is 14.1 Å². The van der Waals surface area contributed by atoms with Crippen molar-refractivity contribution >= 4 is 18.4 Å². The molecule has 1 fully saturated rings. The summed E-state index contributed by atoms with van der Waals surface area (Å²) in [7, 11) is -0.421. The summed E-state index contributed by atoms with van der Waals surface area (Å²) in [6.07, 6.45) is 3.50. The first kappa shape index (κ1) is 19.6. The molecule has 142 valence electrons. The molecule has 0 spiro atoms. The topological polar surface area (TPSA) is 68.4 Å². The second-order valence-corrected chi connectivity index (χ2v) is 8.05. The minimum atomic E-state index is -0.421. The monoisotopic (exact) mass is 367 g/mol. The van der Waals surface area contributed by atoms with Crippen LogP contribution in [0.25, 0.3) is 0 Å². The van der Waals surface area contributed by atoms with Crippen LogP contribution in [0.1, 0.15) is 56.5 Å². The average molecular weight is 367 g/mol. The molecule has 0 aliphatic carbocycles. The van der Waals surface area contributed by atoms with E-state index in [0.29, 0.717) is 24.8 Å². The van der Waals surface area contributed by atoms with Crippen LogP contribution in [0.2, 0.25) is 0 Å². The van der Waals surface area contributed by atoms with E-state index >= 15 is 0 Å². The van der Waals surface area contributed by atoms with Crippen molar-refractivity contribution in [3.8, 4) is 0 Å². The summed E-state index contributed by atoms with van der Waals surface area (Å²) < 4.78 is 12.1. The predicted octanol–water partition coefficient (Wildman–Crippen LogP) is 2.88. The molecule has 27 heavy (non-hydrogen) atoms. The predicted molar refractivity (Wildman–Crippen MR) is 106 cm³/mol. The second-order valence-electron chi connectivity index (χ2n) is 8.05. The molecule has 3 rings (SSSR count). The highest BCUT2D eigenvalue weighted by Crippen LogP contribution is 2.36. The third-order valence-electron chi connectivity index (χ3n) is 5.47. The fourth-order valence-electron chi connectivity index (χ4n) is 3.05. The lowest BCUT2D eigenvalue weighted by Crippen LogP contribution is -2.41. The molecule has 2 heterocycles. The van der Waals surface area contributed by atoms with Crippen molar-refractivity contribution in [2.24, 2.45) is 0 Å². The number of H-pyrrole nitrogens is 1. The Labute approximate surface area is 160 Å². The SMILES string of the molecule is CC1(C)OB(c2ccc(C(=O)CCCc3cc[nH]c(=O)c3)cc2)OC1(C)C. The molecular formula is C21H26BNO4. The van der Waals surface area contributed by atoms with Gasteiger partial charge in [-0.05, 0) is 57.6 Å². The molecule has 1 aliphatic rings. The molecule has 0 unspecified atom stereocenters. The van der Waals surface area contributed by atoms with Gasteiger partial charge in [-0.1, -0.05) is 24.3 Å². The average Bonchev–Trinajstić information content (AvgIpc) is 2.83. The summed E-state index contributed by atoms with van der Waals surface area (Å²) in [5, 5.41) is 0. The first-order valence-electron chi connectivity index (χ1n) is 9.34. The number of rotatable bonds is 6. The number of benzene rings is 1. The van der Waals surface area contributed by atoms with Gasteiger partial charge < -0.3 is 14.3 Å². The molecule has 0 bridgehead atoms. The van der Waals surface area contributed by atoms with Crippen molar-refractivity contribution in [2.75, 3.05) is 0 Å². The smallest absolute Gasteiger partial charge is 0.399 e. The standard InChI is InChI=1S/C21H26BNO4/c1-20(2)21(3,4)27-22(26-20)17-10-8-16(9-11-17)18(24)7-5-6-15-12-13-23-19(25)14-15/h8-14H,5-7H2,1-4H3,(H,23,25). The number of aromatic amines is 1. The van der Waals surface area contributed by atoms with Gasteiger partial charge in [-0.2, -0.15) is 0 Å². The Hall–Kier alpha value is -2.18. The maximum Gasteiger partial charge on any atom is 0.494 e. The molecule has 1 N–H and O–H groups in total. The van der Waals surface area contributed by atoms with Gasteiger partial charge >= 0.3 is 7.12 Å². The lowest BCUT2D eigenvalue weighted by molar-refractivity contribution is 0.00578. The zero-order valence-corrected chi connectivity index (χ0v) is 16.4. The number of Topliss-reactive ketones (excluding diaryl/α,β-unsaturated/α-hetero) is 1. The van der Waals surface area contributed by atoms with E-state index in [1.807, 2.05) is 58.0 Å². The fraction of sp³-hybridized carbons (Fsp3) is 0.429. The highest BCUT2D eigenvalue weighted by Gasteiger charge is 2.51. The molecule has 5 nitrogen and oxygen atoms in total. The van der Waals surface area contributed by atoms with Gasteiger partial charge in [0, 0.05) is 24.2 Å². The molecule has 1 aliphatic heterocycles. The van der Waals surface area contributed by atoms with Crippen molar-refractivity contribution in [1.82, 2.24) is 4.98 Å². The molecule has 0 radical (unpaired) electrons. The summed E-state index contributed by atoms with van der Waals surface area (Å²) in [5.41, 5.74) is 1.66. The third-order valence-corrected chi connectivity index (χ3v) is 5.47. The van der Waals surface area contributed by atoms with E-state index in [9.17, 15) is 9.59 Å². The van der Waals surface area contributed by atoms with Gasteiger partial charge in [0.1, 0.15) is 0 Å². The number of carbonyl (C=O) groups is 1. The molecule has 1 aromatic carbocycles. The van der Waals surface area contributed by atoms with Crippen LogP contribution in [-0.4, -0.2) is 29.1 Å². The van der Waals surface area contributed by atoms with E-state index in [0.717, 1.165) is 11.0 Å². The molecule has 0 atom stereocenters. The maximum absolute atomic E-state index is 12.4. The summed E-state index contributed by atoms with van der Waals surface area (Å²) in [4.78, 5) is 26.3. The quantitative estimate of drug-likeness (QED) is 0.630. The molecule has 0 saturated carbocycles. The van der Waals surface area contributed by atoms with Gasteiger partial charge in [-0.15, -0.1) is 0 Å². The first-order valence-corrected chi connectivity index (χ1v) is 9.34. The van der Waals surface area contributed by atoms with Gasteiger partial charge in [0.2, 0.25) is 5.56 Å². The number of ketones is 1. The van der Waals surface area contributed by atoms with Crippen LogP contribution in [-0.2, 0) is 15.7 Å². The number of carbonyl (C=O) groups excluding carboxylic acids is 1. The summed E-state index contributed by atoms with van der Waals surface area (Å²) in [5.74, 6) is 0.0975. The maximum atomic E-state index is 12.4. The summed E-state index contributed by atoms with van der Waals surface area (Å²) in [6, 6.07) is 10.9. The number of hydrogen-bond acceptors (Lipinski definition) is 4. The van der Waals surface area contributed by atoms with E-state index < -0.39 is 7.12 Å². The van der Waals surface area contributed by atoms with Gasteiger partial charge in [0.05, 0.1) is 11.2 Å². The minimum Gasteiger partial charge on any atom is -0.399 e. The highest BCUT2D eigenvalue weighted by atomic mass is 16.7. The van der Waals surface area contributed by atoms with E-state index in [4.69, 9.17) is 9.31 Å². The zero-order chi connectivity index (χ0) is 19.7. The Morgan fingerprint density at radius 3 is 2.26 bits per heavy atom. The van der Waals surface area contributed by atoms with E-state index in [2.05, 4.69) is 4.98 Å². The van der Waals surface area contributed by atoms with E-state index in [-0.39, 0.29) is 22.5 Å². The fourth-order valence-corrected chi connectivity index (χ4v) is 3.05. The summed E-state index contributed by atoms with van der Waals surface area (Å²) >= 11 is 0. The van der Waals surface area contributed by atoms with Gasteiger partial charge in [-0.25, -0.2) is 0 Å². The zero-order valence-electron chi connectivity index (χ0n) is 16.4. The highest BCUT2D eigenvalue weighted by molar-refractivity contribution is 6.62. The second kappa shape index (κ2) is 7.45. The van der Waals surface area contributed by atoms with Crippen LogP contribution in [0, 0.1) is 0 Å². The number of aryl methyl sites for hydroxylation is 1. The lowest BCUT2D eigenvalue weighted by Gasteiger charge is -2.32. The first-order chi connectivity index (χ1) is 12.7. The molecule has 1 saturated heterocycles. The Kier molecular flexibility index (Phi) is 5.40. The van der Waals surface area contributed by atoms with Crippen LogP contribution in [0.5, 0.6) is 0 Å². The lowest BCUT2D eigenvalue weighted by atomic mass is 9.78. The van der Waals surface area contributed by atoms with Crippen molar-refractivity contribution in [3.05, 3.63) is 64.1 Å². The molecule has 1 aromatic heterocycles. The van der Waals surface area contributed by atoms with Gasteiger partial charge in [0.25, 0.3) is 0 Å². The van der Waals surface area contributed by atoms with Gasteiger partial charge in [0.15, 0.2) is 5.78 Å². The summed E-state index contributed by atoms with van der Waals surface area (Å²) in [6.45, 7) is 8.08. The van der Waals surface area contributed by atoms with E-state index in [1.165, 1.54) is 0 Å². The Balaban J connectivity index is 1.57. The third kappa shape index (κ3) is 4.39. The number of aromatic nitrogens is 1. The van der Waals surface area contributed by atoms with Crippen LogP contribution in [0.4, 0.5) is 0 Å². The minimum absolute atomic E-state index is 0.0975. The van der Waals surface area contributed by atoms with Crippen molar-refractivity contribution in [1.29, 1.82) is 0 Å².